The number of carbonyl (C=O) groups is 1. The number of rotatable bonds is 6. The predicted octanol–water partition coefficient (Wildman–Crippen LogP) is 6.11. The van der Waals surface area contributed by atoms with E-state index in [1.54, 1.807) is 21.7 Å². The molecule has 6 rings (SSSR count). The summed E-state index contributed by atoms with van der Waals surface area (Å²) in [4.78, 5) is 14.7. The van der Waals surface area contributed by atoms with Gasteiger partial charge in [-0.1, -0.05) is 46.3 Å². The van der Waals surface area contributed by atoms with Crippen LogP contribution in [0.2, 0.25) is 0 Å². The lowest BCUT2D eigenvalue weighted by atomic mass is 10.0. The second-order valence-electron chi connectivity index (χ2n) is 9.00. The van der Waals surface area contributed by atoms with Crippen molar-refractivity contribution in [1.29, 1.82) is 0 Å². The molecule has 1 amide bonds. The van der Waals surface area contributed by atoms with Crippen molar-refractivity contribution < 1.29 is 13.9 Å². The summed E-state index contributed by atoms with van der Waals surface area (Å²) in [6.45, 7) is 0.544. The Morgan fingerprint density at radius 2 is 1.86 bits per heavy atom. The van der Waals surface area contributed by atoms with E-state index in [4.69, 9.17) is 9.84 Å². The molecular formula is C29H23BrFN3O2. The number of aromatic nitrogens is 2. The average molecular weight is 544 g/mol. The van der Waals surface area contributed by atoms with Crippen LogP contribution in [0.25, 0.3) is 23.0 Å². The van der Waals surface area contributed by atoms with E-state index in [9.17, 15) is 9.18 Å². The van der Waals surface area contributed by atoms with E-state index in [0.717, 1.165) is 34.1 Å². The smallest absolute Gasteiger partial charge is 0.250 e. The van der Waals surface area contributed by atoms with Crippen LogP contribution in [0.3, 0.4) is 0 Å². The van der Waals surface area contributed by atoms with Crippen LogP contribution < -0.4 is 0 Å². The normalized spacial score (nSPS) is 16.7. The number of nitrogens with zero attached hydrogens (tertiary/aromatic N) is 3. The van der Waals surface area contributed by atoms with E-state index >= 15 is 0 Å². The number of halogens is 2. The Bertz CT molecular complexity index is 1460. The SMILES string of the molecule is O=C1COC(c2cn(-c3ccc(Br)cc3)nc2-c2ccc(F)cc2)N1CCc1ccc2c(c1)C=CC2. The molecule has 2 heterocycles. The van der Waals surface area contributed by atoms with Crippen molar-refractivity contribution in [2.24, 2.45) is 0 Å². The summed E-state index contributed by atoms with van der Waals surface area (Å²) in [5, 5.41) is 4.83. The highest BCUT2D eigenvalue weighted by molar-refractivity contribution is 9.10. The van der Waals surface area contributed by atoms with Crippen molar-refractivity contribution in [3.63, 3.8) is 0 Å². The number of benzene rings is 3. The molecule has 1 unspecified atom stereocenters. The predicted molar refractivity (Wildman–Crippen MR) is 140 cm³/mol. The summed E-state index contributed by atoms with van der Waals surface area (Å²) in [7, 11) is 0. The quantitative estimate of drug-likeness (QED) is 0.294. The number of hydrogen-bond acceptors (Lipinski definition) is 3. The number of amides is 1. The van der Waals surface area contributed by atoms with Gasteiger partial charge in [-0.05, 0) is 78.1 Å². The van der Waals surface area contributed by atoms with Gasteiger partial charge in [-0.15, -0.1) is 0 Å². The lowest BCUT2D eigenvalue weighted by molar-refractivity contribution is -0.128. The first-order valence-electron chi connectivity index (χ1n) is 11.9. The first-order valence-corrected chi connectivity index (χ1v) is 12.7. The van der Waals surface area contributed by atoms with Crippen molar-refractivity contribution in [1.82, 2.24) is 14.7 Å². The molecule has 180 valence electrons. The maximum Gasteiger partial charge on any atom is 0.250 e. The fourth-order valence-electron chi connectivity index (χ4n) is 4.78. The zero-order valence-electron chi connectivity index (χ0n) is 19.4. The molecule has 0 saturated carbocycles. The van der Waals surface area contributed by atoms with Crippen molar-refractivity contribution in [2.75, 3.05) is 13.2 Å². The van der Waals surface area contributed by atoms with Gasteiger partial charge in [0.1, 0.15) is 18.1 Å². The molecule has 0 radical (unpaired) electrons. The number of fused-ring (bicyclic) bond motifs is 1. The monoisotopic (exact) mass is 543 g/mol. The molecule has 4 aromatic rings. The Labute approximate surface area is 216 Å². The van der Waals surface area contributed by atoms with Crippen molar-refractivity contribution in [2.45, 2.75) is 19.1 Å². The molecular weight excluding hydrogens is 521 g/mol. The fourth-order valence-corrected chi connectivity index (χ4v) is 5.05. The maximum absolute atomic E-state index is 13.7. The fraction of sp³-hybridized carbons (Fsp3) is 0.172. The van der Waals surface area contributed by atoms with E-state index in [1.165, 1.54) is 28.8 Å². The second-order valence-corrected chi connectivity index (χ2v) is 9.92. The van der Waals surface area contributed by atoms with Gasteiger partial charge in [0, 0.05) is 28.3 Å². The van der Waals surface area contributed by atoms with Crippen LogP contribution in [0.4, 0.5) is 4.39 Å². The molecule has 36 heavy (non-hydrogen) atoms. The van der Waals surface area contributed by atoms with E-state index in [0.29, 0.717) is 12.2 Å². The molecule has 1 saturated heterocycles. The number of allylic oxidation sites excluding steroid dienone is 1. The van der Waals surface area contributed by atoms with Crippen LogP contribution in [0, 0.1) is 5.82 Å². The standard InChI is InChI=1S/C29H23BrFN3O2/c30-23-8-12-25(13-9-23)34-17-26(28(32-34)21-6-10-24(31)11-7-21)29-33(27(35)18-36-29)15-14-19-4-5-20-2-1-3-22(20)16-19/h1,3-13,16-17,29H,2,14-15,18H2. The Balaban J connectivity index is 1.33. The zero-order valence-corrected chi connectivity index (χ0v) is 21.0. The van der Waals surface area contributed by atoms with E-state index in [2.05, 4.69) is 46.3 Å². The third kappa shape index (κ3) is 4.40. The molecule has 0 N–H and O–H groups in total. The third-order valence-corrected chi connectivity index (χ3v) is 7.20. The summed E-state index contributed by atoms with van der Waals surface area (Å²) in [5.41, 5.74) is 6.83. The minimum absolute atomic E-state index is 0.0178. The first-order chi connectivity index (χ1) is 17.5. The largest absolute Gasteiger partial charge is 0.344 e. The van der Waals surface area contributed by atoms with Crippen LogP contribution in [-0.2, 0) is 22.4 Å². The molecule has 0 bridgehead atoms. The molecule has 1 aromatic heterocycles. The molecule has 1 aliphatic carbocycles. The van der Waals surface area contributed by atoms with E-state index < -0.39 is 6.23 Å². The molecule has 7 heteroatoms. The van der Waals surface area contributed by atoms with Crippen LogP contribution in [-0.4, -0.2) is 33.7 Å². The summed E-state index contributed by atoms with van der Waals surface area (Å²) in [6.07, 6.45) is 7.35. The summed E-state index contributed by atoms with van der Waals surface area (Å²) in [6, 6.07) is 20.5. The van der Waals surface area contributed by atoms with Gasteiger partial charge in [-0.2, -0.15) is 5.10 Å². The van der Waals surface area contributed by atoms with Crippen LogP contribution >= 0.6 is 15.9 Å². The Morgan fingerprint density at radius 3 is 2.67 bits per heavy atom. The molecule has 3 aromatic carbocycles. The summed E-state index contributed by atoms with van der Waals surface area (Å²) >= 11 is 3.47. The van der Waals surface area contributed by atoms with Crippen molar-refractivity contribution in [3.05, 3.63) is 112 Å². The minimum Gasteiger partial charge on any atom is -0.344 e. The number of carbonyl (C=O) groups excluding carboxylic acids is 1. The first kappa shape index (κ1) is 22.9. The lowest BCUT2D eigenvalue weighted by Gasteiger charge is -2.23. The molecule has 1 fully saturated rings. The molecule has 1 aliphatic heterocycles. The minimum atomic E-state index is -0.573. The Hall–Kier alpha value is -3.55. The molecule has 5 nitrogen and oxygen atoms in total. The van der Waals surface area contributed by atoms with Gasteiger partial charge < -0.3 is 9.64 Å². The topological polar surface area (TPSA) is 47.4 Å². The van der Waals surface area contributed by atoms with Gasteiger partial charge in [-0.25, -0.2) is 9.07 Å². The highest BCUT2D eigenvalue weighted by Gasteiger charge is 2.36. The highest BCUT2D eigenvalue weighted by Crippen LogP contribution is 2.35. The maximum atomic E-state index is 13.7. The number of hydrogen-bond donors (Lipinski definition) is 0. The number of ether oxygens (including phenoxy) is 1. The second kappa shape index (κ2) is 9.48. The van der Waals surface area contributed by atoms with Crippen molar-refractivity contribution >= 4 is 27.9 Å². The van der Waals surface area contributed by atoms with Gasteiger partial charge in [-0.3, -0.25) is 4.79 Å². The van der Waals surface area contributed by atoms with E-state index in [1.807, 2.05) is 30.5 Å². The Morgan fingerprint density at radius 1 is 1.06 bits per heavy atom. The third-order valence-electron chi connectivity index (χ3n) is 6.67. The van der Waals surface area contributed by atoms with Crippen LogP contribution in [0.15, 0.2) is 83.5 Å². The van der Waals surface area contributed by atoms with Crippen molar-refractivity contribution in [3.8, 4) is 16.9 Å². The van der Waals surface area contributed by atoms with Crippen LogP contribution in [0.5, 0.6) is 0 Å². The van der Waals surface area contributed by atoms with Gasteiger partial charge in [0.25, 0.3) is 5.91 Å². The average Bonchev–Trinajstić information content (AvgIpc) is 3.62. The highest BCUT2D eigenvalue weighted by atomic mass is 79.9. The van der Waals surface area contributed by atoms with Gasteiger partial charge in [0.2, 0.25) is 0 Å². The Kier molecular flexibility index (Phi) is 6.03. The summed E-state index contributed by atoms with van der Waals surface area (Å²) < 4.78 is 22.4. The molecule has 0 spiro atoms. The molecule has 1 atom stereocenters. The summed E-state index contributed by atoms with van der Waals surface area (Å²) in [5.74, 6) is -0.367. The lowest BCUT2D eigenvalue weighted by Crippen LogP contribution is -2.30. The van der Waals surface area contributed by atoms with Crippen LogP contribution in [0.1, 0.15) is 28.5 Å². The van der Waals surface area contributed by atoms with Gasteiger partial charge in [0.15, 0.2) is 6.23 Å². The zero-order chi connectivity index (χ0) is 24.6. The van der Waals surface area contributed by atoms with Gasteiger partial charge in [0.05, 0.1) is 5.69 Å². The molecule has 2 aliphatic rings. The van der Waals surface area contributed by atoms with E-state index in [-0.39, 0.29) is 18.3 Å². The van der Waals surface area contributed by atoms with Gasteiger partial charge >= 0.3 is 0 Å².